The second kappa shape index (κ2) is 11.6. The van der Waals surface area contributed by atoms with Crippen LogP contribution in [-0.2, 0) is 29.5 Å². The van der Waals surface area contributed by atoms with Gasteiger partial charge in [0.1, 0.15) is 11.5 Å². The fraction of sp³-hybridized carbons (Fsp3) is 0.296. The van der Waals surface area contributed by atoms with Crippen LogP contribution in [0.5, 0.6) is 0 Å². The Bertz CT molecular complexity index is 1540. The first-order chi connectivity index (χ1) is 18.6. The van der Waals surface area contributed by atoms with Gasteiger partial charge in [0.2, 0.25) is 5.95 Å². The number of amides is 2. The average molecular weight is 552 g/mol. The number of hydrogen-bond donors (Lipinski definition) is 2. The van der Waals surface area contributed by atoms with Crippen LogP contribution in [0.2, 0.25) is 5.02 Å². The number of carbonyl (C=O) groups is 3. The summed E-state index contributed by atoms with van der Waals surface area (Å²) in [5, 5.41) is 4.62. The lowest BCUT2D eigenvalue weighted by atomic mass is 10.1. The molecule has 4 aromatic rings. The maximum absolute atomic E-state index is 13.3. The minimum atomic E-state index is -0.355. The predicted octanol–water partition coefficient (Wildman–Crippen LogP) is 4.61. The van der Waals surface area contributed by atoms with E-state index < -0.39 is 0 Å². The second-order valence-corrected chi connectivity index (χ2v) is 9.58. The van der Waals surface area contributed by atoms with E-state index in [0.717, 1.165) is 27.9 Å². The standard InChI is InChI=1S/C27H30ClN7O4/c1-16-9-11-23(30-20(16)10-12-24(37)39-5)31-26-32-25(22(15-36)34(26)3)35(4)27(38)33(2)14-17-13-18-19(28)7-6-8-21(18)29-17/h6-9,11,13,15,29H,10,12,14H2,1-5H3,(H,30,31,32). The van der Waals surface area contributed by atoms with Crippen LogP contribution in [0.3, 0.4) is 0 Å². The fourth-order valence-electron chi connectivity index (χ4n) is 4.25. The number of aldehydes is 1. The molecule has 0 fully saturated rings. The topological polar surface area (TPSA) is 125 Å². The van der Waals surface area contributed by atoms with Gasteiger partial charge in [-0.1, -0.05) is 23.7 Å². The summed E-state index contributed by atoms with van der Waals surface area (Å²) in [6.07, 6.45) is 1.29. The molecule has 204 valence electrons. The SMILES string of the molecule is COC(=O)CCc1nc(Nc2nc(N(C)C(=O)N(C)Cc3cc4c(Cl)cccc4[nH]3)c(C=O)n2C)ccc1C. The Morgan fingerprint density at radius 3 is 2.67 bits per heavy atom. The first-order valence-corrected chi connectivity index (χ1v) is 12.6. The molecule has 0 atom stereocenters. The lowest BCUT2D eigenvalue weighted by molar-refractivity contribution is -0.140. The molecule has 0 radical (unpaired) electrons. The number of H-pyrrole nitrogens is 1. The van der Waals surface area contributed by atoms with Gasteiger partial charge in [-0.05, 0) is 36.8 Å². The molecule has 2 N–H and O–H groups in total. The highest BCUT2D eigenvalue weighted by Crippen LogP contribution is 2.27. The summed E-state index contributed by atoms with van der Waals surface area (Å²) in [5.41, 5.74) is 3.59. The van der Waals surface area contributed by atoms with Crippen molar-refractivity contribution in [1.82, 2.24) is 24.4 Å². The van der Waals surface area contributed by atoms with Crippen molar-refractivity contribution in [2.24, 2.45) is 7.05 Å². The third kappa shape index (κ3) is 5.88. The number of nitrogens with one attached hydrogen (secondary N) is 2. The van der Waals surface area contributed by atoms with Gasteiger partial charge in [-0.2, -0.15) is 4.98 Å². The van der Waals surface area contributed by atoms with Crippen molar-refractivity contribution in [3.05, 3.63) is 64.1 Å². The molecule has 0 saturated carbocycles. The monoisotopic (exact) mass is 551 g/mol. The molecular formula is C27H30ClN7O4. The highest BCUT2D eigenvalue weighted by atomic mass is 35.5. The number of hydrogen-bond acceptors (Lipinski definition) is 7. The molecule has 2 amide bonds. The Morgan fingerprint density at radius 1 is 1.21 bits per heavy atom. The molecule has 0 aliphatic rings. The van der Waals surface area contributed by atoms with Crippen LogP contribution in [0.4, 0.5) is 22.4 Å². The van der Waals surface area contributed by atoms with Crippen molar-refractivity contribution < 1.29 is 19.1 Å². The summed E-state index contributed by atoms with van der Waals surface area (Å²) in [6.45, 7) is 2.21. The molecule has 3 aromatic heterocycles. The maximum atomic E-state index is 13.3. The van der Waals surface area contributed by atoms with Crippen LogP contribution in [0, 0.1) is 6.92 Å². The Morgan fingerprint density at radius 2 is 1.97 bits per heavy atom. The first kappa shape index (κ1) is 27.6. The van der Waals surface area contributed by atoms with E-state index in [2.05, 4.69) is 20.3 Å². The number of anilines is 3. The number of halogens is 1. The fourth-order valence-corrected chi connectivity index (χ4v) is 4.48. The summed E-state index contributed by atoms with van der Waals surface area (Å²) in [7, 11) is 6.25. The third-order valence-corrected chi connectivity index (χ3v) is 6.80. The van der Waals surface area contributed by atoms with Gasteiger partial charge in [0.05, 0.1) is 20.1 Å². The number of aromatic amines is 1. The normalized spacial score (nSPS) is 10.9. The molecule has 0 saturated heterocycles. The Balaban J connectivity index is 1.52. The number of nitrogens with zero attached hydrogens (tertiary/aromatic N) is 5. The van der Waals surface area contributed by atoms with E-state index in [1.165, 1.54) is 16.9 Å². The number of rotatable bonds is 9. The number of urea groups is 1. The number of carbonyl (C=O) groups excluding carboxylic acids is 3. The van der Waals surface area contributed by atoms with Crippen LogP contribution in [-0.4, -0.2) is 63.9 Å². The number of ether oxygens (including phenoxy) is 1. The molecule has 11 nitrogen and oxygen atoms in total. The molecule has 0 aliphatic heterocycles. The lowest BCUT2D eigenvalue weighted by Gasteiger charge is -2.23. The van der Waals surface area contributed by atoms with Gasteiger partial charge in [0.25, 0.3) is 0 Å². The van der Waals surface area contributed by atoms with E-state index in [-0.39, 0.29) is 29.9 Å². The molecule has 0 bridgehead atoms. The number of methoxy groups -OCH3 is 1. The van der Waals surface area contributed by atoms with Gasteiger partial charge in [-0.15, -0.1) is 0 Å². The highest BCUT2D eigenvalue weighted by Gasteiger charge is 2.25. The maximum Gasteiger partial charge on any atom is 0.325 e. The Kier molecular flexibility index (Phi) is 8.20. The number of esters is 1. The average Bonchev–Trinajstić information content (AvgIpc) is 3.48. The molecular weight excluding hydrogens is 522 g/mol. The Labute approximate surface area is 230 Å². The zero-order valence-corrected chi connectivity index (χ0v) is 23.2. The Hall–Kier alpha value is -4.38. The van der Waals surface area contributed by atoms with E-state index in [0.29, 0.717) is 36.0 Å². The van der Waals surface area contributed by atoms with Crippen molar-refractivity contribution >= 4 is 58.4 Å². The summed E-state index contributed by atoms with van der Waals surface area (Å²) in [6, 6.07) is 10.8. The zero-order chi connectivity index (χ0) is 28.3. The van der Waals surface area contributed by atoms with E-state index in [1.54, 1.807) is 31.8 Å². The minimum Gasteiger partial charge on any atom is -0.469 e. The van der Waals surface area contributed by atoms with Crippen molar-refractivity contribution in [1.29, 1.82) is 0 Å². The number of aryl methyl sites for hydroxylation is 2. The quantitative estimate of drug-likeness (QED) is 0.230. The summed E-state index contributed by atoms with van der Waals surface area (Å²) in [5.74, 6) is 0.700. The predicted molar refractivity (Wildman–Crippen MR) is 150 cm³/mol. The number of fused-ring (bicyclic) bond motifs is 1. The largest absolute Gasteiger partial charge is 0.469 e. The zero-order valence-electron chi connectivity index (χ0n) is 22.4. The molecule has 1 aromatic carbocycles. The van der Waals surface area contributed by atoms with E-state index in [9.17, 15) is 14.4 Å². The van der Waals surface area contributed by atoms with Crippen LogP contribution < -0.4 is 10.2 Å². The highest BCUT2D eigenvalue weighted by molar-refractivity contribution is 6.35. The van der Waals surface area contributed by atoms with Crippen molar-refractivity contribution in [3.8, 4) is 0 Å². The molecule has 0 aliphatic carbocycles. The molecule has 39 heavy (non-hydrogen) atoms. The van der Waals surface area contributed by atoms with Gasteiger partial charge in [0, 0.05) is 54.9 Å². The number of aromatic nitrogens is 4. The third-order valence-electron chi connectivity index (χ3n) is 6.47. The van der Waals surface area contributed by atoms with Crippen LogP contribution >= 0.6 is 11.6 Å². The van der Waals surface area contributed by atoms with Gasteiger partial charge in [-0.25, -0.2) is 9.78 Å². The van der Waals surface area contributed by atoms with Crippen LogP contribution in [0.25, 0.3) is 10.9 Å². The van der Waals surface area contributed by atoms with Crippen molar-refractivity contribution in [2.45, 2.75) is 26.3 Å². The second-order valence-electron chi connectivity index (χ2n) is 9.18. The molecule has 0 unspecified atom stereocenters. The number of benzene rings is 1. The van der Waals surface area contributed by atoms with Crippen molar-refractivity contribution in [3.63, 3.8) is 0 Å². The minimum absolute atomic E-state index is 0.199. The first-order valence-electron chi connectivity index (χ1n) is 12.2. The van der Waals surface area contributed by atoms with Crippen LogP contribution in [0.15, 0.2) is 36.4 Å². The van der Waals surface area contributed by atoms with E-state index >= 15 is 0 Å². The van der Waals surface area contributed by atoms with Crippen LogP contribution in [0.1, 0.15) is 33.9 Å². The molecule has 3 heterocycles. The molecule has 4 rings (SSSR count). The van der Waals surface area contributed by atoms with E-state index in [4.69, 9.17) is 16.3 Å². The molecule has 12 heteroatoms. The van der Waals surface area contributed by atoms with Gasteiger partial charge < -0.3 is 24.5 Å². The van der Waals surface area contributed by atoms with Gasteiger partial charge in [-0.3, -0.25) is 14.5 Å². The molecule has 0 spiro atoms. The smallest absolute Gasteiger partial charge is 0.325 e. The lowest BCUT2D eigenvalue weighted by Crippen LogP contribution is -2.39. The summed E-state index contributed by atoms with van der Waals surface area (Å²) in [4.78, 5) is 52.1. The summed E-state index contributed by atoms with van der Waals surface area (Å²) >= 11 is 6.28. The van der Waals surface area contributed by atoms with Gasteiger partial charge >= 0.3 is 12.0 Å². The number of imidazole rings is 1. The van der Waals surface area contributed by atoms with Crippen molar-refractivity contribution in [2.75, 3.05) is 31.4 Å². The summed E-state index contributed by atoms with van der Waals surface area (Å²) < 4.78 is 6.28. The van der Waals surface area contributed by atoms with E-state index in [1.807, 2.05) is 37.3 Å². The van der Waals surface area contributed by atoms with Gasteiger partial charge in [0.15, 0.2) is 12.1 Å². The number of pyridine rings is 1.